The number of amides is 2. The van der Waals surface area contributed by atoms with E-state index in [0.29, 0.717) is 28.1 Å². The van der Waals surface area contributed by atoms with Gasteiger partial charge in [0.25, 0.3) is 11.8 Å². The second-order valence-corrected chi connectivity index (χ2v) is 12.0. The van der Waals surface area contributed by atoms with E-state index in [1.807, 2.05) is 0 Å². The zero-order chi connectivity index (χ0) is 33.2. The van der Waals surface area contributed by atoms with Crippen LogP contribution in [0.3, 0.4) is 0 Å². The fraction of sp³-hybridized carbons (Fsp3) is 0.226. The maximum Gasteiger partial charge on any atom is 0.416 e. The molecule has 3 aromatic carbocycles. The highest BCUT2D eigenvalue weighted by atomic mass is 35.5. The summed E-state index contributed by atoms with van der Waals surface area (Å²) < 4.78 is 43.0. The van der Waals surface area contributed by atoms with Crippen LogP contribution in [-0.2, 0) is 18.6 Å². The van der Waals surface area contributed by atoms with Gasteiger partial charge in [-0.05, 0) is 61.4 Å². The Bertz CT molecular complexity index is 2090. The number of aliphatic hydroxyl groups is 1. The number of hydrogen-bond acceptors (Lipinski definition) is 7. The number of hydrogen-bond donors (Lipinski definition) is 1. The molecule has 2 amide bonds. The fourth-order valence-electron chi connectivity index (χ4n) is 5.69. The van der Waals surface area contributed by atoms with Crippen molar-refractivity contribution in [2.45, 2.75) is 43.8 Å². The van der Waals surface area contributed by atoms with Gasteiger partial charge in [-0.25, -0.2) is 19.1 Å². The van der Waals surface area contributed by atoms with Crippen molar-refractivity contribution in [2.24, 2.45) is 0 Å². The quantitative estimate of drug-likeness (QED) is 0.232. The fourth-order valence-corrected chi connectivity index (χ4v) is 6.03. The molecule has 0 saturated heterocycles. The van der Waals surface area contributed by atoms with Crippen molar-refractivity contribution in [3.63, 3.8) is 0 Å². The maximum absolute atomic E-state index is 13.5. The molecular formula is C31H22Cl2F3N7O4. The summed E-state index contributed by atoms with van der Waals surface area (Å²) in [6.45, 7) is -1.52. The van der Waals surface area contributed by atoms with E-state index in [1.54, 1.807) is 48.5 Å². The smallest absolute Gasteiger partial charge is 0.382 e. The molecule has 240 valence electrons. The molecule has 1 saturated carbocycles. The van der Waals surface area contributed by atoms with Crippen LogP contribution in [0.4, 0.5) is 13.2 Å². The molecule has 16 heteroatoms. The number of fused-ring (bicyclic) bond motifs is 1. The van der Waals surface area contributed by atoms with Gasteiger partial charge < -0.3 is 5.11 Å². The van der Waals surface area contributed by atoms with Crippen molar-refractivity contribution in [1.29, 1.82) is 0 Å². The van der Waals surface area contributed by atoms with Gasteiger partial charge in [-0.3, -0.25) is 19.1 Å². The Kier molecular flexibility index (Phi) is 7.33. The second kappa shape index (κ2) is 11.2. The van der Waals surface area contributed by atoms with Crippen molar-refractivity contribution in [2.75, 3.05) is 0 Å². The van der Waals surface area contributed by atoms with Crippen LogP contribution >= 0.6 is 23.2 Å². The standard InChI is InChI=1S/C31H22Cl2F3N7O4/c32-18-11-9-17(10-12-18)25-39-41(29(47)40(25)15-23(44)31(34,35)36)16-24-37-28(43(38-24)22-8-4-3-7-21(22)33)30(13-14-30)42-26(45)19-5-1-2-6-20(19)27(42)46/h1-12,23,44H,13-16H2. The average Bonchev–Trinajstić information content (AvgIpc) is 3.53. The molecule has 0 radical (unpaired) electrons. The SMILES string of the molecule is O=C1c2ccccc2C(=O)N1C1(c2nc(Cn3nc(-c4ccc(Cl)cc4)n(CC(O)C(F)(F)F)c3=O)nn2-c2ccccc2Cl)CC1. The lowest BCUT2D eigenvalue weighted by molar-refractivity contribution is -0.207. The van der Waals surface area contributed by atoms with Crippen LogP contribution in [0, 0.1) is 0 Å². The zero-order valence-electron chi connectivity index (χ0n) is 24.0. The van der Waals surface area contributed by atoms with Gasteiger partial charge in [0.1, 0.15) is 12.1 Å². The van der Waals surface area contributed by atoms with Crippen LogP contribution in [0.2, 0.25) is 10.0 Å². The Labute approximate surface area is 273 Å². The number of rotatable bonds is 8. The molecule has 1 atom stereocenters. The summed E-state index contributed by atoms with van der Waals surface area (Å²) in [7, 11) is 0. The number of benzene rings is 3. The normalized spacial score (nSPS) is 16.1. The Morgan fingerprint density at radius 2 is 1.49 bits per heavy atom. The van der Waals surface area contributed by atoms with E-state index in [2.05, 4.69) is 15.2 Å². The summed E-state index contributed by atoms with van der Waals surface area (Å²) in [5.41, 5.74) is -0.944. The number of aromatic nitrogens is 6. The number of carbonyl (C=O) groups is 2. The Hall–Kier alpha value is -4.79. The van der Waals surface area contributed by atoms with Gasteiger partial charge in [-0.1, -0.05) is 47.5 Å². The summed E-state index contributed by atoms with van der Waals surface area (Å²) >= 11 is 12.5. The molecule has 1 unspecified atom stereocenters. The predicted molar refractivity (Wildman–Crippen MR) is 162 cm³/mol. The van der Waals surface area contributed by atoms with Crippen molar-refractivity contribution < 1.29 is 27.9 Å². The molecule has 7 rings (SSSR count). The van der Waals surface area contributed by atoms with Gasteiger partial charge in [0.05, 0.1) is 28.4 Å². The zero-order valence-corrected chi connectivity index (χ0v) is 25.5. The predicted octanol–water partition coefficient (Wildman–Crippen LogP) is 4.86. The monoisotopic (exact) mass is 683 g/mol. The first-order valence-electron chi connectivity index (χ1n) is 14.3. The second-order valence-electron chi connectivity index (χ2n) is 11.2. The van der Waals surface area contributed by atoms with Crippen LogP contribution in [0.15, 0.2) is 77.6 Å². The first-order chi connectivity index (χ1) is 22.4. The topological polar surface area (TPSA) is 128 Å². The summed E-state index contributed by atoms with van der Waals surface area (Å²) in [5, 5.41) is 19.4. The number of alkyl halides is 3. The molecule has 1 fully saturated rings. The molecule has 47 heavy (non-hydrogen) atoms. The minimum Gasteiger partial charge on any atom is -0.382 e. The molecule has 1 aliphatic carbocycles. The van der Waals surface area contributed by atoms with Gasteiger partial charge in [-0.2, -0.15) is 13.2 Å². The molecule has 0 spiro atoms. The molecule has 5 aromatic rings. The van der Waals surface area contributed by atoms with E-state index in [1.165, 1.54) is 33.8 Å². The van der Waals surface area contributed by atoms with Crippen molar-refractivity contribution in [3.8, 4) is 17.1 Å². The molecule has 2 aliphatic rings. The highest BCUT2D eigenvalue weighted by molar-refractivity contribution is 6.32. The highest BCUT2D eigenvalue weighted by Crippen LogP contribution is 2.53. The molecule has 1 N–H and O–H groups in total. The number of nitrogens with zero attached hydrogens (tertiary/aromatic N) is 7. The third-order valence-electron chi connectivity index (χ3n) is 8.14. The minimum absolute atomic E-state index is 0.00794. The lowest BCUT2D eigenvalue weighted by Crippen LogP contribution is -2.41. The van der Waals surface area contributed by atoms with Crippen LogP contribution in [0.25, 0.3) is 17.1 Å². The first kappa shape index (κ1) is 30.8. The van der Waals surface area contributed by atoms with Gasteiger partial charge in [-0.15, -0.1) is 10.2 Å². The van der Waals surface area contributed by atoms with Gasteiger partial charge in [0.15, 0.2) is 23.6 Å². The molecule has 0 bridgehead atoms. The summed E-state index contributed by atoms with van der Waals surface area (Å²) in [5.74, 6) is -0.889. The minimum atomic E-state index is -4.99. The van der Waals surface area contributed by atoms with E-state index in [0.717, 1.165) is 4.68 Å². The molecular weight excluding hydrogens is 662 g/mol. The number of para-hydroxylation sites is 1. The number of halogens is 5. The van der Waals surface area contributed by atoms with Crippen LogP contribution in [-0.4, -0.2) is 63.2 Å². The summed E-state index contributed by atoms with van der Waals surface area (Å²) in [6, 6.07) is 19.1. The summed E-state index contributed by atoms with van der Waals surface area (Å²) in [6.07, 6.45) is -7.08. The lowest BCUT2D eigenvalue weighted by Gasteiger charge is -2.25. The summed E-state index contributed by atoms with van der Waals surface area (Å²) in [4.78, 5) is 46.5. The van der Waals surface area contributed by atoms with Crippen molar-refractivity contribution in [3.05, 3.63) is 116 Å². The molecule has 2 aromatic heterocycles. The van der Waals surface area contributed by atoms with E-state index < -0.39 is 48.4 Å². The molecule has 1 aliphatic heterocycles. The van der Waals surface area contributed by atoms with Gasteiger partial charge >= 0.3 is 11.9 Å². The molecule has 11 nitrogen and oxygen atoms in total. The van der Waals surface area contributed by atoms with Crippen LogP contribution in [0.5, 0.6) is 0 Å². The Morgan fingerprint density at radius 1 is 0.872 bits per heavy atom. The number of imide groups is 1. The van der Waals surface area contributed by atoms with E-state index in [-0.39, 0.29) is 39.2 Å². The third-order valence-corrected chi connectivity index (χ3v) is 8.71. The van der Waals surface area contributed by atoms with E-state index >= 15 is 0 Å². The molecule has 3 heterocycles. The first-order valence-corrected chi connectivity index (χ1v) is 15.0. The maximum atomic E-state index is 13.5. The van der Waals surface area contributed by atoms with Crippen molar-refractivity contribution >= 4 is 35.0 Å². The lowest BCUT2D eigenvalue weighted by atomic mass is 10.1. The number of carbonyl (C=O) groups excluding carboxylic acids is 2. The largest absolute Gasteiger partial charge is 0.416 e. The van der Waals surface area contributed by atoms with Gasteiger partial charge in [0, 0.05) is 10.6 Å². The van der Waals surface area contributed by atoms with Crippen LogP contribution < -0.4 is 5.69 Å². The average molecular weight is 684 g/mol. The highest BCUT2D eigenvalue weighted by Gasteiger charge is 2.60. The van der Waals surface area contributed by atoms with Gasteiger partial charge in [0.2, 0.25) is 0 Å². The van der Waals surface area contributed by atoms with E-state index in [9.17, 15) is 32.7 Å². The third kappa shape index (κ3) is 5.22. The number of aliphatic hydroxyl groups excluding tert-OH is 1. The van der Waals surface area contributed by atoms with E-state index in [4.69, 9.17) is 23.2 Å². The Morgan fingerprint density at radius 3 is 2.09 bits per heavy atom. The Balaban J connectivity index is 1.33. The van der Waals surface area contributed by atoms with Crippen LogP contribution in [0.1, 0.15) is 45.2 Å². The van der Waals surface area contributed by atoms with Crippen molar-refractivity contribution in [1.82, 2.24) is 34.0 Å².